The van der Waals surface area contributed by atoms with Crippen molar-refractivity contribution in [1.82, 2.24) is 19.2 Å². The van der Waals surface area contributed by atoms with Crippen molar-refractivity contribution >= 4 is 11.6 Å². The average molecular weight is 575 g/mol. The fourth-order valence-corrected chi connectivity index (χ4v) is 5.72. The number of hydrogen-bond acceptors (Lipinski definition) is 5. The highest BCUT2D eigenvalue weighted by atomic mass is 16.5. The number of rotatable bonds is 9. The summed E-state index contributed by atoms with van der Waals surface area (Å²) in [4.78, 5) is 22.3. The number of carbonyl (C=O) groups is 1. The Morgan fingerprint density at radius 1 is 0.860 bits per heavy atom. The molecular formula is C36H38N4O3. The number of pyridine rings is 1. The lowest BCUT2D eigenvalue weighted by Crippen LogP contribution is -2.49. The molecule has 0 radical (unpaired) electrons. The summed E-state index contributed by atoms with van der Waals surface area (Å²) in [6.45, 7) is 8.49. The Labute approximate surface area is 253 Å². The van der Waals surface area contributed by atoms with Crippen molar-refractivity contribution in [2.75, 3.05) is 39.9 Å². The van der Waals surface area contributed by atoms with E-state index in [0.717, 1.165) is 53.5 Å². The van der Waals surface area contributed by atoms with Crippen LogP contribution in [0.2, 0.25) is 0 Å². The summed E-state index contributed by atoms with van der Waals surface area (Å²) >= 11 is 0. The Balaban J connectivity index is 1.22. The van der Waals surface area contributed by atoms with Crippen LogP contribution in [0.25, 0.3) is 28.0 Å². The van der Waals surface area contributed by atoms with Gasteiger partial charge >= 0.3 is 0 Å². The summed E-state index contributed by atoms with van der Waals surface area (Å²) in [6.07, 6.45) is 2.22. The molecule has 1 saturated heterocycles. The van der Waals surface area contributed by atoms with Crippen molar-refractivity contribution in [2.24, 2.45) is 0 Å². The molecule has 3 aromatic carbocycles. The smallest absolute Gasteiger partial charge is 0.248 e. The number of ether oxygens (including phenoxy) is 2. The van der Waals surface area contributed by atoms with Gasteiger partial charge in [-0.25, -0.2) is 4.98 Å². The van der Waals surface area contributed by atoms with Crippen LogP contribution in [-0.4, -0.2) is 65.0 Å². The number of methoxy groups -OCH3 is 1. The van der Waals surface area contributed by atoms with Crippen molar-refractivity contribution in [3.63, 3.8) is 0 Å². The summed E-state index contributed by atoms with van der Waals surface area (Å²) < 4.78 is 13.4. The van der Waals surface area contributed by atoms with E-state index >= 15 is 0 Å². The maximum absolute atomic E-state index is 12.9. The zero-order valence-electron chi connectivity index (χ0n) is 25.1. The van der Waals surface area contributed by atoms with E-state index < -0.39 is 0 Å². The van der Waals surface area contributed by atoms with E-state index in [9.17, 15) is 4.79 Å². The molecule has 1 aliphatic heterocycles. The van der Waals surface area contributed by atoms with Crippen LogP contribution in [0, 0.1) is 13.8 Å². The standard InChI is InChI=1S/C36H38N4O3/c1-26-9-10-27(2)32(21-26)30-13-16-34-37-36(29-11-14-31(42-3)15-12-29)33(40(34)22-30)23-38-17-19-39(20-18-38)35(41)25-43-24-28-7-5-4-6-8-28/h4-16,21-22H,17-20,23-25H2,1-3H3. The normalized spacial score (nSPS) is 13.9. The van der Waals surface area contributed by atoms with Crippen molar-refractivity contribution in [3.8, 4) is 28.1 Å². The number of amides is 1. The third kappa shape index (κ3) is 6.48. The third-order valence-corrected chi connectivity index (χ3v) is 8.22. The van der Waals surface area contributed by atoms with Crippen LogP contribution in [0.1, 0.15) is 22.4 Å². The maximum atomic E-state index is 12.9. The molecule has 5 aromatic rings. The zero-order chi connectivity index (χ0) is 29.8. The van der Waals surface area contributed by atoms with Gasteiger partial charge < -0.3 is 18.8 Å². The van der Waals surface area contributed by atoms with Gasteiger partial charge in [0.15, 0.2) is 0 Å². The molecule has 1 aliphatic rings. The van der Waals surface area contributed by atoms with Gasteiger partial charge in [-0.2, -0.15) is 0 Å². The minimum absolute atomic E-state index is 0.0440. The number of hydrogen-bond donors (Lipinski definition) is 0. The molecule has 0 N–H and O–H groups in total. The number of benzene rings is 3. The first kappa shape index (κ1) is 28.6. The van der Waals surface area contributed by atoms with Crippen LogP contribution < -0.4 is 4.74 Å². The Hall–Kier alpha value is -4.46. The van der Waals surface area contributed by atoms with E-state index in [-0.39, 0.29) is 12.5 Å². The summed E-state index contributed by atoms with van der Waals surface area (Å²) in [5.41, 5.74) is 10.0. The van der Waals surface area contributed by atoms with Gasteiger partial charge in [-0.3, -0.25) is 9.69 Å². The summed E-state index contributed by atoms with van der Waals surface area (Å²) in [7, 11) is 1.68. The number of fused-ring (bicyclic) bond motifs is 1. The lowest BCUT2D eigenvalue weighted by molar-refractivity contribution is -0.138. The van der Waals surface area contributed by atoms with E-state index in [1.54, 1.807) is 7.11 Å². The summed E-state index contributed by atoms with van der Waals surface area (Å²) in [5.74, 6) is 0.863. The second kappa shape index (κ2) is 12.8. The molecule has 1 amide bonds. The Bertz CT molecular complexity index is 1700. The molecule has 0 spiro atoms. The predicted octanol–water partition coefficient (Wildman–Crippen LogP) is 6.15. The van der Waals surface area contributed by atoms with Gasteiger partial charge in [-0.15, -0.1) is 0 Å². The summed E-state index contributed by atoms with van der Waals surface area (Å²) in [5, 5.41) is 0. The van der Waals surface area contributed by atoms with Gasteiger partial charge in [0.1, 0.15) is 18.0 Å². The number of piperazine rings is 1. The molecule has 0 saturated carbocycles. The minimum Gasteiger partial charge on any atom is -0.497 e. The van der Waals surface area contributed by atoms with Crippen LogP contribution in [0.4, 0.5) is 0 Å². The SMILES string of the molecule is COc1ccc(-c2nc3ccc(-c4cc(C)ccc4C)cn3c2CN2CCN(C(=O)COCc3ccccc3)CC2)cc1. The Kier molecular flexibility index (Phi) is 8.54. The van der Waals surface area contributed by atoms with Crippen LogP contribution in [0.5, 0.6) is 5.75 Å². The highest BCUT2D eigenvalue weighted by Crippen LogP contribution is 2.31. The number of nitrogens with zero attached hydrogens (tertiary/aromatic N) is 4. The van der Waals surface area contributed by atoms with Crippen LogP contribution in [0.3, 0.4) is 0 Å². The first-order valence-corrected chi connectivity index (χ1v) is 14.8. The zero-order valence-corrected chi connectivity index (χ0v) is 25.1. The number of imidazole rings is 1. The Morgan fingerprint density at radius 2 is 1.60 bits per heavy atom. The number of carbonyl (C=O) groups excluding carboxylic acids is 1. The van der Waals surface area contributed by atoms with Crippen molar-refractivity contribution in [1.29, 1.82) is 0 Å². The molecule has 43 heavy (non-hydrogen) atoms. The highest BCUT2D eigenvalue weighted by molar-refractivity contribution is 5.77. The number of aromatic nitrogens is 2. The largest absolute Gasteiger partial charge is 0.497 e. The second-order valence-electron chi connectivity index (χ2n) is 11.2. The Morgan fingerprint density at radius 3 is 2.35 bits per heavy atom. The topological polar surface area (TPSA) is 59.3 Å². The van der Waals surface area contributed by atoms with E-state index in [1.807, 2.05) is 47.4 Å². The number of aryl methyl sites for hydroxylation is 2. The van der Waals surface area contributed by atoms with E-state index in [1.165, 1.54) is 22.3 Å². The molecule has 3 heterocycles. The fourth-order valence-electron chi connectivity index (χ4n) is 5.72. The first-order valence-electron chi connectivity index (χ1n) is 14.8. The highest BCUT2D eigenvalue weighted by Gasteiger charge is 2.24. The van der Waals surface area contributed by atoms with Crippen molar-refractivity contribution < 1.29 is 14.3 Å². The molecule has 7 nitrogen and oxygen atoms in total. The van der Waals surface area contributed by atoms with Gasteiger partial charge in [0, 0.05) is 44.5 Å². The van der Waals surface area contributed by atoms with Gasteiger partial charge in [0.2, 0.25) is 5.91 Å². The van der Waals surface area contributed by atoms with Crippen LogP contribution in [0.15, 0.2) is 91.1 Å². The van der Waals surface area contributed by atoms with E-state index in [2.05, 4.69) is 71.8 Å². The molecular weight excluding hydrogens is 536 g/mol. The average Bonchev–Trinajstić information content (AvgIpc) is 3.40. The van der Waals surface area contributed by atoms with Gasteiger partial charge in [0.25, 0.3) is 0 Å². The monoisotopic (exact) mass is 574 g/mol. The quantitative estimate of drug-likeness (QED) is 0.211. The summed E-state index contributed by atoms with van der Waals surface area (Å²) in [6, 6.07) is 28.9. The molecule has 1 fully saturated rings. The van der Waals surface area contributed by atoms with Crippen molar-refractivity contribution in [2.45, 2.75) is 27.0 Å². The van der Waals surface area contributed by atoms with Crippen molar-refractivity contribution in [3.05, 3.63) is 114 Å². The van der Waals surface area contributed by atoms with Crippen LogP contribution in [-0.2, 0) is 22.7 Å². The molecule has 6 rings (SSSR count). The molecule has 0 bridgehead atoms. The lowest BCUT2D eigenvalue weighted by atomic mass is 10.00. The fraction of sp³-hybridized carbons (Fsp3) is 0.278. The van der Waals surface area contributed by atoms with Gasteiger partial charge in [-0.1, -0.05) is 54.1 Å². The molecule has 7 heteroatoms. The minimum atomic E-state index is 0.0440. The first-order chi connectivity index (χ1) is 21.0. The molecule has 0 unspecified atom stereocenters. The molecule has 220 valence electrons. The molecule has 0 aliphatic carbocycles. The third-order valence-electron chi connectivity index (χ3n) is 8.22. The maximum Gasteiger partial charge on any atom is 0.248 e. The van der Waals surface area contributed by atoms with Gasteiger partial charge in [0.05, 0.1) is 25.1 Å². The van der Waals surface area contributed by atoms with E-state index in [4.69, 9.17) is 14.5 Å². The predicted molar refractivity (Wildman–Crippen MR) is 170 cm³/mol. The second-order valence-corrected chi connectivity index (χ2v) is 11.2. The van der Waals surface area contributed by atoms with E-state index in [0.29, 0.717) is 19.7 Å². The lowest BCUT2D eigenvalue weighted by Gasteiger charge is -2.34. The van der Waals surface area contributed by atoms with Crippen LogP contribution >= 0.6 is 0 Å². The van der Waals surface area contributed by atoms with Gasteiger partial charge in [-0.05, 0) is 72.5 Å². The molecule has 0 atom stereocenters. The molecule has 2 aromatic heterocycles.